The van der Waals surface area contributed by atoms with Crippen molar-refractivity contribution in [2.24, 2.45) is 23.7 Å². The number of rotatable bonds is 8. The van der Waals surface area contributed by atoms with Crippen molar-refractivity contribution in [3.8, 4) is 0 Å². The molecule has 2 bridgehead atoms. The molecule has 30 heavy (non-hydrogen) atoms. The molecule has 2 saturated heterocycles. The van der Waals surface area contributed by atoms with E-state index in [0.717, 1.165) is 0 Å². The van der Waals surface area contributed by atoms with Crippen LogP contribution in [0.4, 0.5) is 0 Å². The summed E-state index contributed by atoms with van der Waals surface area (Å²) in [6.07, 6.45) is 9.89. The van der Waals surface area contributed by atoms with Crippen molar-refractivity contribution in [1.29, 1.82) is 0 Å². The lowest BCUT2D eigenvalue weighted by atomic mass is 9.84. The third-order valence-electron chi connectivity index (χ3n) is 5.54. The van der Waals surface area contributed by atoms with E-state index in [0.29, 0.717) is 0 Å². The maximum Gasteiger partial charge on any atom is 0.0819 e. The maximum atomic E-state index is 9.23. The largest absolute Gasteiger partial charge is 0.396 e. The van der Waals surface area contributed by atoms with Crippen LogP contribution in [0.15, 0.2) is 49.6 Å². The minimum absolute atomic E-state index is 0.0363. The van der Waals surface area contributed by atoms with E-state index in [-0.39, 0.29) is 87.7 Å². The smallest absolute Gasteiger partial charge is 0.0819 e. The summed E-state index contributed by atoms with van der Waals surface area (Å²) in [6, 6.07) is 0. The Labute approximate surface area is 178 Å². The molecule has 3 rings (SSSR count). The van der Waals surface area contributed by atoms with E-state index < -0.39 is 0 Å². The SMILES string of the molecule is C=CC1OC(/C=C/CO)C(CO)C1CO.C=CCO.OCC1C2C=CC(O2)C1CO. The van der Waals surface area contributed by atoms with Crippen LogP contribution < -0.4 is 0 Å². The summed E-state index contributed by atoms with van der Waals surface area (Å²) in [4.78, 5) is 0. The molecule has 3 aliphatic rings. The van der Waals surface area contributed by atoms with Gasteiger partial charge in [0.2, 0.25) is 0 Å². The normalized spacial score (nSPS) is 36.2. The third kappa shape index (κ3) is 6.83. The number of aliphatic hydroxyl groups is 6. The molecule has 8 unspecified atom stereocenters. The summed E-state index contributed by atoms with van der Waals surface area (Å²) in [6.45, 7) is 7.02. The van der Waals surface area contributed by atoms with Gasteiger partial charge in [-0.25, -0.2) is 0 Å². The predicted octanol–water partition coefficient (Wildman–Crippen LogP) is -0.589. The highest BCUT2D eigenvalue weighted by molar-refractivity contribution is 5.14. The van der Waals surface area contributed by atoms with Crippen LogP contribution >= 0.6 is 0 Å². The zero-order chi connectivity index (χ0) is 22.5. The highest BCUT2D eigenvalue weighted by Gasteiger charge is 2.44. The molecule has 3 heterocycles. The second-order valence-electron chi connectivity index (χ2n) is 7.22. The molecular weight excluding hydrogens is 392 g/mol. The third-order valence-corrected chi connectivity index (χ3v) is 5.54. The number of ether oxygens (including phenoxy) is 2. The van der Waals surface area contributed by atoms with Crippen LogP contribution in [0.25, 0.3) is 0 Å². The van der Waals surface area contributed by atoms with Crippen molar-refractivity contribution in [2.45, 2.75) is 24.4 Å². The molecular formula is C22H36O8. The maximum absolute atomic E-state index is 9.23. The zero-order valence-electron chi connectivity index (χ0n) is 17.2. The molecule has 8 nitrogen and oxygen atoms in total. The Morgan fingerprint density at radius 1 is 0.667 bits per heavy atom. The predicted molar refractivity (Wildman–Crippen MR) is 112 cm³/mol. The summed E-state index contributed by atoms with van der Waals surface area (Å²) < 4.78 is 11.0. The van der Waals surface area contributed by atoms with Crippen LogP contribution in [0.2, 0.25) is 0 Å². The first kappa shape index (κ1) is 26.7. The first-order valence-electron chi connectivity index (χ1n) is 10.1. The second-order valence-corrected chi connectivity index (χ2v) is 7.22. The van der Waals surface area contributed by atoms with Crippen molar-refractivity contribution < 1.29 is 40.1 Å². The molecule has 0 aromatic heterocycles. The van der Waals surface area contributed by atoms with Gasteiger partial charge in [0.15, 0.2) is 0 Å². The minimum Gasteiger partial charge on any atom is -0.396 e. The van der Waals surface area contributed by atoms with E-state index in [1.54, 1.807) is 18.2 Å². The topological polar surface area (TPSA) is 140 Å². The van der Waals surface area contributed by atoms with Crippen molar-refractivity contribution in [2.75, 3.05) is 39.6 Å². The van der Waals surface area contributed by atoms with Crippen LogP contribution in [-0.4, -0.2) is 94.7 Å². The molecule has 0 saturated carbocycles. The van der Waals surface area contributed by atoms with Crippen LogP contribution in [0, 0.1) is 23.7 Å². The monoisotopic (exact) mass is 428 g/mol. The van der Waals surface area contributed by atoms with Crippen LogP contribution in [0.1, 0.15) is 0 Å². The molecule has 3 aliphatic heterocycles. The van der Waals surface area contributed by atoms with E-state index >= 15 is 0 Å². The molecule has 0 radical (unpaired) electrons. The number of aliphatic hydroxyl groups excluding tert-OH is 6. The van der Waals surface area contributed by atoms with Gasteiger partial charge in [0.1, 0.15) is 0 Å². The van der Waals surface area contributed by atoms with Crippen LogP contribution in [0.5, 0.6) is 0 Å². The zero-order valence-corrected chi connectivity index (χ0v) is 17.2. The fourth-order valence-corrected chi connectivity index (χ4v) is 3.91. The lowest BCUT2D eigenvalue weighted by Crippen LogP contribution is -2.29. The Kier molecular flexibility index (Phi) is 13.0. The fourth-order valence-electron chi connectivity index (χ4n) is 3.91. The quantitative estimate of drug-likeness (QED) is 0.282. The molecule has 0 aliphatic carbocycles. The van der Waals surface area contributed by atoms with Gasteiger partial charge in [-0.3, -0.25) is 0 Å². The van der Waals surface area contributed by atoms with E-state index in [1.165, 1.54) is 6.08 Å². The average Bonchev–Trinajstić information content (AvgIpc) is 3.49. The molecule has 172 valence electrons. The standard InChI is InChI=1S/C11H18O4.C8H12O3.C3H6O/c1-2-10-8(6-13)9(7-14)11(15-10)4-3-5-12;9-3-5-6(4-10)8-2-1-7(5)11-8;1-2-3-4/h2-4,8-14H,1,5-7H2;1-2,5-10H,3-4H2;2,4H,1,3H2/b4-3+;;. The molecule has 8 heteroatoms. The van der Waals surface area contributed by atoms with Gasteiger partial charge in [-0.1, -0.05) is 36.5 Å². The first-order chi connectivity index (χ1) is 14.6. The molecule has 0 aromatic rings. The van der Waals surface area contributed by atoms with Gasteiger partial charge < -0.3 is 40.1 Å². The summed E-state index contributed by atoms with van der Waals surface area (Å²) in [7, 11) is 0. The van der Waals surface area contributed by atoms with Gasteiger partial charge in [-0.05, 0) is 0 Å². The van der Waals surface area contributed by atoms with Crippen molar-refractivity contribution in [3.63, 3.8) is 0 Å². The molecule has 6 N–H and O–H groups in total. The highest BCUT2D eigenvalue weighted by atomic mass is 16.5. The van der Waals surface area contributed by atoms with Gasteiger partial charge in [0, 0.05) is 50.1 Å². The van der Waals surface area contributed by atoms with Crippen molar-refractivity contribution in [1.82, 2.24) is 0 Å². The molecule has 0 amide bonds. The van der Waals surface area contributed by atoms with Crippen molar-refractivity contribution in [3.05, 3.63) is 49.6 Å². The Bertz CT molecular complexity index is 531. The number of hydrogen-bond acceptors (Lipinski definition) is 8. The number of fused-ring (bicyclic) bond motifs is 2. The highest BCUT2D eigenvalue weighted by Crippen LogP contribution is 2.38. The summed E-state index contributed by atoms with van der Waals surface area (Å²) in [5.41, 5.74) is 0. The molecule has 2 fully saturated rings. The van der Waals surface area contributed by atoms with Gasteiger partial charge in [0.05, 0.1) is 37.6 Å². The molecule has 8 atom stereocenters. The van der Waals surface area contributed by atoms with Crippen LogP contribution in [-0.2, 0) is 9.47 Å². The van der Waals surface area contributed by atoms with E-state index in [2.05, 4.69) is 13.2 Å². The summed E-state index contributed by atoms with van der Waals surface area (Å²) in [5.74, 6) is -0.0494. The second kappa shape index (κ2) is 14.6. The Hall–Kier alpha value is -1.36. The Balaban J connectivity index is 0.000000262. The number of hydrogen-bond donors (Lipinski definition) is 6. The molecule has 0 aromatic carbocycles. The molecule has 0 spiro atoms. The Morgan fingerprint density at radius 2 is 1.13 bits per heavy atom. The first-order valence-corrected chi connectivity index (χ1v) is 10.1. The summed E-state index contributed by atoms with van der Waals surface area (Å²) in [5, 5.41) is 52.8. The van der Waals surface area contributed by atoms with Gasteiger partial charge >= 0.3 is 0 Å². The van der Waals surface area contributed by atoms with Gasteiger partial charge in [-0.2, -0.15) is 0 Å². The van der Waals surface area contributed by atoms with E-state index in [9.17, 15) is 10.2 Å². The van der Waals surface area contributed by atoms with Crippen LogP contribution in [0.3, 0.4) is 0 Å². The fraction of sp³-hybridized carbons (Fsp3) is 0.636. The lowest BCUT2D eigenvalue weighted by molar-refractivity contribution is 0.0723. The Morgan fingerprint density at radius 3 is 1.50 bits per heavy atom. The van der Waals surface area contributed by atoms with E-state index in [1.807, 2.05) is 12.2 Å². The van der Waals surface area contributed by atoms with Crippen molar-refractivity contribution >= 4 is 0 Å². The minimum atomic E-state index is -0.262. The average molecular weight is 429 g/mol. The lowest BCUT2D eigenvalue weighted by Gasteiger charge is -2.20. The van der Waals surface area contributed by atoms with Gasteiger partial charge in [-0.15, -0.1) is 13.2 Å². The summed E-state index contributed by atoms with van der Waals surface area (Å²) >= 11 is 0. The van der Waals surface area contributed by atoms with E-state index in [4.69, 9.17) is 29.9 Å². The van der Waals surface area contributed by atoms with Gasteiger partial charge in [0.25, 0.3) is 0 Å².